The Kier molecular flexibility index (Phi) is 12.7. The standard InChI is InChI=1S/C26H49NO3/c1-7-8-9-10-11-12-13-14-15-16-17-18-19-20-21-23-22-29-26(5,6)27(23)24(28)30-25(2,3)4/h20-21,23H,7-19,22H2,1-6H3/b21-20+/t23-/m1/s1. The van der Waals surface area contributed by atoms with E-state index in [1.54, 1.807) is 4.90 Å². The Bertz CT molecular complexity index is 493. The molecule has 1 aliphatic rings. The van der Waals surface area contributed by atoms with Crippen molar-refractivity contribution in [1.29, 1.82) is 0 Å². The number of hydrogen-bond donors (Lipinski definition) is 0. The van der Waals surface area contributed by atoms with Gasteiger partial charge in [0.2, 0.25) is 0 Å². The maximum Gasteiger partial charge on any atom is 0.413 e. The van der Waals surface area contributed by atoms with Gasteiger partial charge >= 0.3 is 6.09 Å². The van der Waals surface area contributed by atoms with Crippen molar-refractivity contribution in [3.63, 3.8) is 0 Å². The van der Waals surface area contributed by atoms with Gasteiger partial charge in [-0.1, -0.05) is 89.7 Å². The number of hydrogen-bond acceptors (Lipinski definition) is 3. The Labute approximate surface area is 186 Å². The van der Waals surface area contributed by atoms with Crippen molar-refractivity contribution in [3.8, 4) is 0 Å². The zero-order valence-electron chi connectivity index (χ0n) is 20.8. The molecule has 1 rings (SSSR count). The fraction of sp³-hybridized carbons (Fsp3) is 0.885. The molecule has 0 aliphatic carbocycles. The molecule has 0 saturated carbocycles. The van der Waals surface area contributed by atoms with Gasteiger partial charge in [0.1, 0.15) is 11.3 Å². The Morgan fingerprint density at radius 2 is 1.47 bits per heavy atom. The number of rotatable bonds is 14. The summed E-state index contributed by atoms with van der Waals surface area (Å²) in [7, 11) is 0. The second kappa shape index (κ2) is 14.1. The van der Waals surface area contributed by atoms with Crippen molar-refractivity contribution in [2.24, 2.45) is 0 Å². The van der Waals surface area contributed by atoms with E-state index in [-0.39, 0.29) is 12.1 Å². The number of carbonyl (C=O) groups excluding carboxylic acids is 1. The van der Waals surface area contributed by atoms with Crippen LogP contribution in [0.1, 0.15) is 125 Å². The summed E-state index contributed by atoms with van der Waals surface area (Å²) in [5.41, 5.74) is -1.13. The number of amides is 1. The lowest BCUT2D eigenvalue weighted by Gasteiger charge is -2.34. The van der Waals surface area contributed by atoms with Crippen LogP contribution in [0, 0.1) is 0 Å². The molecule has 0 unspecified atom stereocenters. The van der Waals surface area contributed by atoms with Crippen LogP contribution in [0.2, 0.25) is 0 Å². The van der Waals surface area contributed by atoms with Crippen molar-refractivity contribution < 1.29 is 14.3 Å². The first-order valence-corrected chi connectivity index (χ1v) is 12.5. The van der Waals surface area contributed by atoms with Crippen LogP contribution in [-0.2, 0) is 9.47 Å². The maximum atomic E-state index is 12.6. The van der Waals surface area contributed by atoms with E-state index in [0.717, 1.165) is 6.42 Å². The summed E-state index contributed by atoms with van der Waals surface area (Å²) < 4.78 is 11.4. The molecule has 1 atom stereocenters. The van der Waals surface area contributed by atoms with E-state index in [1.807, 2.05) is 34.6 Å². The Balaban J connectivity index is 2.16. The number of nitrogens with zero attached hydrogens (tertiary/aromatic N) is 1. The van der Waals surface area contributed by atoms with Crippen LogP contribution in [0.25, 0.3) is 0 Å². The van der Waals surface area contributed by atoms with Gasteiger partial charge in [0.05, 0.1) is 12.6 Å². The van der Waals surface area contributed by atoms with Crippen molar-refractivity contribution in [3.05, 3.63) is 12.2 Å². The van der Waals surface area contributed by atoms with Gasteiger partial charge in [-0.25, -0.2) is 4.79 Å². The van der Waals surface area contributed by atoms with E-state index in [4.69, 9.17) is 9.47 Å². The molecule has 0 radical (unpaired) electrons. The van der Waals surface area contributed by atoms with Crippen LogP contribution in [0.3, 0.4) is 0 Å². The van der Waals surface area contributed by atoms with Gasteiger partial charge in [-0.15, -0.1) is 0 Å². The third-order valence-corrected chi connectivity index (χ3v) is 5.69. The summed E-state index contributed by atoms with van der Waals surface area (Å²) in [4.78, 5) is 14.4. The largest absolute Gasteiger partial charge is 0.444 e. The minimum absolute atomic E-state index is 0.0489. The van der Waals surface area contributed by atoms with Gasteiger partial charge in [0, 0.05) is 0 Å². The van der Waals surface area contributed by atoms with Gasteiger partial charge < -0.3 is 9.47 Å². The van der Waals surface area contributed by atoms with Crippen molar-refractivity contribution in [2.45, 2.75) is 142 Å². The molecule has 4 heteroatoms. The lowest BCUT2D eigenvalue weighted by molar-refractivity contribution is -0.0610. The fourth-order valence-corrected chi connectivity index (χ4v) is 4.00. The highest BCUT2D eigenvalue weighted by molar-refractivity contribution is 5.70. The molecule has 1 aliphatic heterocycles. The van der Waals surface area contributed by atoms with E-state index < -0.39 is 11.3 Å². The lowest BCUT2D eigenvalue weighted by Crippen LogP contribution is -2.49. The van der Waals surface area contributed by atoms with Crippen LogP contribution in [0.15, 0.2) is 12.2 Å². The second-order valence-electron chi connectivity index (χ2n) is 10.3. The smallest absolute Gasteiger partial charge is 0.413 e. The molecule has 0 bridgehead atoms. The predicted molar refractivity (Wildman–Crippen MR) is 127 cm³/mol. The number of ether oxygens (including phenoxy) is 2. The minimum Gasteiger partial charge on any atom is -0.444 e. The van der Waals surface area contributed by atoms with E-state index in [1.165, 1.54) is 77.0 Å². The predicted octanol–water partition coefficient (Wildman–Crippen LogP) is 8.01. The van der Waals surface area contributed by atoms with E-state index in [0.29, 0.717) is 6.61 Å². The minimum atomic E-state index is -0.632. The van der Waals surface area contributed by atoms with Crippen LogP contribution < -0.4 is 0 Å². The molecule has 0 aromatic rings. The molecule has 1 saturated heterocycles. The number of unbranched alkanes of at least 4 members (excludes halogenated alkanes) is 12. The average molecular weight is 424 g/mol. The highest BCUT2D eigenvalue weighted by atomic mass is 16.6. The number of allylic oxidation sites excluding steroid dienone is 1. The van der Waals surface area contributed by atoms with Crippen LogP contribution in [-0.4, -0.2) is 35.0 Å². The zero-order valence-corrected chi connectivity index (χ0v) is 20.8. The highest BCUT2D eigenvalue weighted by Gasteiger charge is 2.44. The van der Waals surface area contributed by atoms with Gasteiger partial charge in [0.25, 0.3) is 0 Å². The van der Waals surface area contributed by atoms with Crippen LogP contribution in [0.4, 0.5) is 4.79 Å². The average Bonchev–Trinajstić information content (AvgIpc) is 2.95. The normalized spacial score (nSPS) is 19.0. The fourth-order valence-electron chi connectivity index (χ4n) is 4.00. The SMILES string of the molecule is CCCCCCCCCCCCCC/C=C/[C@@H]1COC(C)(C)N1C(=O)OC(C)(C)C. The molecule has 0 N–H and O–H groups in total. The van der Waals surface area contributed by atoms with Crippen LogP contribution >= 0.6 is 0 Å². The molecule has 1 amide bonds. The third-order valence-electron chi connectivity index (χ3n) is 5.69. The molecule has 1 heterocycles. The van der Waals surface area contributed by atoms with E-state index in [9.17, 15) is 4.79 Å². The molecule has 0 aromatic heterocycles. The van der Waals surface area contributed by atoms with Gasteiger partial charge in [-0.2, -0.15) is 0 Å². The molecule has 0 spiro atoms. The Morgan fingerprint density at radius 1 is 0.967 bits per heavy atom. The summed E-state index contributed by atoms with van der Waals surface area (Å²) >= 11 is 0. The first-order valence-electron chi connectivity index (χ1n) is 12.5. The molecule has 1 fully saturated rings. The second-order valence-corrected chi connectivity index (χ2v) is 10.3. The molecule has 4 nitrogen and oxygen atoms in total. The molecule has 30 heavy (non-hydrogen) atoms. The summed E-state index contributed by atoms with van der Waals surface area (Å²) in [5.74, 6) is 0. The summed E-state index contributed by atoms with van der Waals surface area (Å²) in [6, 6.07) is -0.0489. The first-order chi connectivity index (χ1) is 14.2. The summed E-state index contributed by atoms with van der Waals surface area (Å²) in [5, 5.41) is 0. The van der Waals surface area contributed by atoms with Crippen molar-refractivity contribution in [2.75, 3.05) is 6.61 Å². The first kappa shape index (κ1) is 27.0. The van der Waals surface area contributed by atoms with Crippen molar-refractivity contribution in [1.82, 2.24) is 4.90 Å². The monoisotopic (exact) mass is 423 g/mol. The quantitative estimate of drug-likeness (QED) is 0.210. The lowest BCUT2D eigenvalue weighted by atomic mass is 10.0. The summed E-state index contributed by atoms with van der Waals surface area (Å²) in [6.45, 7) is 12.3. The topological polar surface area (TPSA) is 38.8 Å². The van der Waals surface area contributed by atoms with Crippen LogP contribution in [0.5, 0.6) is 0 Å². The van der Waals surface area contributed by atoms with Gasteiger partial charge in [-0.05, 0) is 47.5 Å². The van der Waals surface area contributed by atoms with E-state index >= 15 is 0 Å². The molecular formula is C26H49NO3. The molecule has 176 valence electrons. The maximum absolute atomic E-state index is 12.6. The zero-order chi connectivity index (χ0) is 22.5. The Hall–Kier alpha value is -1.03. The summed E-state index contributed by atoms with van der Waals surface area (Å²) in [6.07, 6.45) is 21.5. The molecule has 0 aromatic carbocycles. The molecular weight excluding hydrogens is 374 g/mol. The van der Waals surface area contributed by atoms with E-state index in [2.05, 4.69) is 19.1 Å². The van der Waals surface area contributed by atoms with Crippen molar-refractivity contribution >= 4 is 6.09 Å². The Morgan fingerprint density at radius 3 is 1.97 bits per heavy atom. The third kappa shape index (κ3) is 11.4. The number of carbonyl (C=O) groups is 1. The van der Waals surface area contributed by atoms with Gasteiger partial charge in [0.15, 0.2) is 0 Å². The highest BCUT2D eigenvalue weighted by Crippen LogP contribution is 2.30. The van der Waals surface area contributed by atoms with Gasteiger partial charge in [-0.3, -0.25) is 4.90 Å².